The lowest BCUT2D eigenvalue weighted by atomic mass is 10.1. The Balaban J connectivity index is 4.51. The minimum Gasteiger partial charge on any atom is -0.462 e. The third kappa shape index (κ3) is 59.3. The number of hydrogen-bond donors (Lipinski definition) is 0. The van der Waals surface area contributed by atoms with Crippen LogP contribution in [0.15, 0.2) is 182 Å². The van der Waals surface area contributed by atoms with Gasteiger partial charge in [-0.05, 0) is 148 Å². The number of allylic oxidation sites excluding steroid dienone is 30. The molecule has 6 heteroatoms. The van der Waals surface area contributed by atoms with Crippen LogP contribution in [0.3, 0.4) is 0 Å². The average molecular weight is 1030 g/mol. The molecule has 0 aromatic carbocycles. The van der Waals surface area contributed by atoms with Gasteiger partial charge in [-0.3, -0.25) is 14.4 Å². The van der Waals surface area contributed by atoms with Gasteiger partial charge in [-0.1, -0.05) is 229 Å². The van der Waals surface area contributed by atoms with E-state index in [-0.39, 0.29) is 37.5 Å². The summed E-state index contributed by atoms with van der Waals surface area (Å²) in [5.41, 5.74) is 0. The molecule has 0 fully saturated rings. The summed E-state index contributed by atoms with van der Waals surface area (Å²) < 4.78 is 16.8. The number of carbonyl (C=O) groups is 3. The number of carbonyl (C=O) groups excluding carboxylic acids is 3. The predicted octanol–water partition coefficient (Wildman–Crippen LogP) is 20.1. The van der Waals surface area contributed by atoms with Crippen LogP contribution in [0.5, 0.6) is 0 Å². The van der Waals surface area contributed by atoms with Gasteiger partial charge >= 0.3 is 17.9 Å². The van der Waals surface area contributed by atoms with Crippen LogP contribution in [0.2, 0.25) is 0 Å². The molecule has 75 heavy (non-hydrogen) atoms. The molecule has 0 saturated carbocycles. The van der Waals surface area contributed by atoms with Crippen LogP contribution in [-0.4, -0.2) is 37.2 Å². The molecule has 0 amide bonds. The minimum atomic E-state index is -0.839. The molecule has 0 N–H and O–H groups in total. The number of rotatable bonds is 50. The lowest BCUT2D eigenvalue weighted by Gasteiger charge is -2.18. The Morgan fingerprint density at radius 3 is 0.800 bits per heavy atom. The van der Waals surface area contributed by atoms with Crippen molar-refractivity contribution in [1.82, 2.24) is 0 Å². The van der Waals surface area contributed by atoms with E-state index in [1.807, 2.05) is 0 Å². The zero-order chi connectivity index (χ0) is 54.3. The van der Waals surface area contributed by atoms with Gasteiger partial charge in [0, 0.05) is 19.3 Å². The predicted molar refractivity (Wildman–Crippen MR) is 324 cm³/mol. The standard InChI is InChI=1S/C69H104O6/c1-4-7-10-13-16-19-22-25-27-29-30-31-32-33-34-35-36-37-38-40-41-44-47-50-53-56-59-62-68(71)74-65-66(64-73-67(70)61-58-55-52-49-46-43-24-21-18-15-12-9-6-3)75-69(72)63-60-57-54-51-48-45-42-39-28-26-23-20-17-14-11-8-5-2/h7-12,16-21,25-28,30-31,33-34,36-37,40-43,45-46,51,54,66H,4-6,13-15,22-24,29,32,35,38-39,44,47-50,52-53,55-65H2,1-3H3/b10-7-,11-8-,12-9-,19-16-,20-17-,21-18-,27-25-,28-26-,31-30-,34-33-,37-36-,41-40-,45-42-,46-43-,54-51-. The molecule has 0 spiro atoms. The van der Waals surface area contributed by atoms with Crippen molar-refractivity contribution in [2.45, 2.75) is 219 Å². The van der Waals surface area contributed by atoms with E-state index in [1.165, 1.54) is 0 Å². The smallest absolute Gasteiger partial charge is 0.306 e. The number of hydrogen-bond acceptors (Lipinski definition) is 6. The fourth-order valence-electron chi connectivity index (χ4n) is 7.12. The van der Waals surface area contributed by atoms with Gasteiger partial charge in [0.15, 0.2) is 6.10 Å². The van der Waals surface area contributed by atoms with Crippen molar-refractivity contribution in [2.75, 3.05) is 13.2 Å². The highest BCUT2D eigenvalue weighted by molar-refractivity contribution is 5.71. The summed E-state index contributed by atoms with van der Waals surface area (Å²) in [6.07, 6.45) is 91.8. The molecule has 0 radical (unpaired) electrons. The molecule has 1 atom stereocenters. The number of ether oxygens (including phenoxy) is 3. The van der Waals surface area contributed by atoms with Crippen molar-refractivity contribution in [2.24, 2.45) is 0 Å². The Kier molecular flexibility index (Phi) is 56.6. The van der Waals surface area contributed by atoms with Crippen molar-refractivity contribution in [3.05, 3.63) is 182 Å². The second-order valence-corrected chi connectivity index (χ2v) is 18.4. The molecular weight excluding hydrogens is 925 g/mol. The normalized spacial score (nSPS) is 13.5. The second kappa shape index (κ2) is 61.1. The largest absolute Gasteiger partial charge is 0.462 e. The molecule has 1 unspecified atom stereocenters. The van der Waals surface area contributed by atoms with Crippen LogP contribution in [0, 0.1) is 0 Å². The maximum atomic E-state index is 12.8. The van der Waals surface area contributed by atoms with E-state index in [0.717, 1.165) is 167 Å². The third-order valence-electron chi connectivity index (χ3n) is 11.4. The molecule has 0 saturated heterocycles. The van der Waals surface area contributed by atoms with Gasteiger partial charge in [0.1, 0.15) is 13.2 Å². The maximum absolute atomic E-state index is 12.8. The molecule has 416 valence electrons. The Hall–Kier alpha value is -5.49. The summed E-state index contributed by atoms with van der Waals surface area (Å²) in [5, 5.41) is 0. The van der Waals surface area contributed by atoms with E-state index >= 15 is 0 Å². The van der Waals surface area contributed by atoms with Gasteiger partial charge in [-0.25, -0.2) is 0 Å². The maximum Gasteiger partial charge on any atom is 0.306 e. The first-order valence-electron chi connectivity index (χ1n) is 29.3. The first-order chi connectivity index (χ1) is 37.0. The molecule has 0 aliphatic carbocycles. The van der Waals surface area contributed by atoms with Crippen molar-refractivity contribution >= 4 is 17.9 Å². The zero-order valence-electron chi connectivity index (χ0n) is 47.5. The van der Waals surface area contributed by atoms with Crippen LogP contribution >= 0.6 is 0 Å². The quantitative estimate of drug-likeness (QED) is 0.0261. The van der Waals surface area contributed by atoms with Crippen molar-refractivity contribution in [3.8, 4) is 0 Å². The monoisotopic (exact) mass is 1030 g/mol. The molecular formula is C69H104O6. The van der Waals surface area contributed by atoms with Crippen LogP contribution < -0.4 is 0 Å². The van der Waals surface area contributed by atoms with Gasteiger partial charge < -0.3 is 14.2 Å². The van der Waals surface area contributed by atoms with E-state index in [9.17, 15) is 14.4 Å². The van der Waals surface area contributed by atoms with E-state index in [4.69, 9.17) is 14.2 Å². The van der Waals surface area contributed by atoms with E-state index in [1.54, 1.807) is 0 Å². The van der Waals surface area contributed by atoms with Crippen LogP contribution in [-0.2, 0) is 28.6 Å². The number of unbranched alkanes of at least 4 members (excludes halogenated alkanes) is 9. The van der Waals surface area contributed by atoms with E-state index in [2.05, 4.69) is 203 Å². The molecule has 0 aromatic heterocycles. The number of esters is 3. The minimum absolute atomic E-state index is 0.130. The van der Waals surface area contributed by atoms with E-state index < -0.39 is 6.10 Å². The Bertz CT molecular complexity index is 1800. The summed E-state index contributed by atoms with van der Waals surface area (Å²) in [7, 11) is 0. The Morgan fingerprint density at radius 1 is 0.267 bits per heavy atom. The van der Waals surface area contributed by atoms with Gasteiger partial charge in [-0.2, -0.15) is 0 Å². The zero-order valence-corrected chi connectivity index (χ0v) is 47.5. The Labute approximate surface area is 459 Å². The topological polar surface area (TPSA) is 78.9 Å². The van der Waals surface area contributed by atoms with Gasteiger partial charge in [0.05, 0.1) is 0 Å². The molecule has 0 bridgehead atoms. The summed E-state index contributed by atoms with van der Waals surface area (Å²) in [5.74, 6) is -1.05. The molecule has 0 rings (SSSR count). The fraction of sp³-hybridized carbons (Fsp3) is 0.522. The van der Waals surface area contributed by atoms with Crippen LogP contribution in [0.4, 0.5) is 0 Å². The lowest BCUT2D eigenvalue weighted by Crippen LogP contribution is -2.30. The van der Waals surface area contributed by atoms with Crippen molar-refractivity contribution in [3.63, 3.8) is 0 Å². The first kappa shape index (κ1) is 69.5. The molecule has 0 aromatic rings. The molecule has 6 nitrogen and oxygen atoms in total. The van der Waals surface area contributed by atoms with E-state index in [0.29, 0.717) is 19.3 Å². The van der Waals surface area contributed by atoms with Gasteiger partial charge in [0.25, 0.3) is 0 Å². The lowest BCUT2D eigenvalue weighted by molar-refractivity contribution is -0.167. The third-order valence-corrected chi connectivity index (χ3v) is 11.4. The summed E-state index contributed by atoms with van der Waals surface area (Å²) in [6, 6.07) is 0. The van der Waals surface area contributed by atoms with Crippen LogP contribution in [0.1, 0.15) is 213 Å². The molecule has 0 heterocycles. The molecule has 0 aliphatic rings. The van der Waals surface area contributed by atoms with Crippen molar-refractivity contribution in [1.29, 1.82) is 0 Å². The summed E-state index contributed by atoms with van der Waals surface area (Å²) in [4.78, 5) is 38.1. The molecule has 0 aliphatic heterocycles. The highest BCUT2D eigenvalue weighted by atomic mass is 16.6. The first-order valence-corrected chi connectivity index (χ1v) is 29.3. The van der Waals surface area contributed by atoms with Crippen LogP contribution in [0.25, 0.3) is 0 Å². The second-order valence-electron chi connectivity index (χ2n) is 18.4. The summed E-state index contributed by atoms with van der Waals surface area (Å²) >= 11 is 0. The SMILES string of the molecule is CC/C=C\C/C=C\C/C=C\C/C=C\C/C=C\C/C=C\C/C=C\CCCCCCCC(=O)OCC(COC(=O)CCCCC/C=C\C/C=C\C/C=C\CC)OC(=O)CCC/C=C\C/C=C\C/C=C\C/C=C\C/C=C\CC. The average Bonchev–Trinajstić information content (AvgIpc) is 3.41. The van der Waals surface area contributed by atoms with Gasteiger partial charge in [-0.15, -0.1) is 0 Å². The highest BCUT2D eigenvalue weighted by Crippen LogP contribution is 2.11. The highest BCUT2D eigenvalue weighted by Gasteiger charge is 2.19. The fourth-order valence-corrected chi connectivity index (χ4v) is 7.12. The van der Waals surface area contributed by atoms with Crippen molar-refractivity contribution < 1.29 is 28.6 Å². The summed E-state index contributed by atoms with van der Waals surface area (Å²) in [6.45, 7) is 6.18. The van der Waals surface area contributed by atoms with Gasteiger partial charge in [0.2, 0.25) is 0 Å². The Morgan fingerprint density at radius 2 is 0.493 bits per heavy atom.